The average Bonchev–Trinajstić information content (AvgIpc) is 2.47. The van der Waals surface area contributed by atoms with E-state index in [4.69, 9.17) is 16.3 Å². The zero-order valence-electron chi connectivity index (χ0n) is 12.6. The Labute approximate surface area is 131 Å². The van der Waals surface area contributed by atoms with E-state index in [0.717, 1.165) is 38.2 Å². The van der Waals surface area contributed by atoms with Crippen molar-refractivity contribution in [2.45, 2.75) is 38.8 Å². The molecule has 5 heteroatoms. The SMILES string of the molecule is CCOC1CCCN(C(C)C(=O)Nc2cccc(Cl)c2)C1. The van der Waals surface area contributed by atoms with Crippen molar-refractivity contribution in [1.82, 2.24) is 4.90 Å². The van der Waals surface area contributed by atoms with Gasteiger partial charge in [0.25, 0.3) is 0 Å². The van der Waals surface area contributed by atoms with Gasteiger partial charge in [-0.25, -0.2) is 0 Å². The monoisotopic (exact) mass is 310 g/mol. The quantitative estimate of drug-likeness (QED) is 0.908. The van der Waals surface area contributed by atoms with Gasteiger partial charge >= 0.3 is 0 Å². The number of hydrogen-bond donors (Lipinski definition) is 1. The van der Waals surface area contributed by atoms with Gasteiger partial charge in [-0.05, 0) is 51.4 Å². The van der Waals surface area contributed by atoms with E-state index in [1.807, 2.05) is 26.0 Å². The maximum Gasteiger partial charge on any atom is 0.241 e. The van der Waals surface area contributed by atoms with E-state index in [2.05, 4.69) is 10.2 Å². The molecule has 1 N–H and O–H groups in total. The van der Waals surface area contributed by atoms with Crippen LogP contribution >= 0.6 is 11.6 Å². The van der Waals surface area contributed by atoms with E-state index in [1.54, 1.807) is 12.1 Å². The number of amides is 1. The average molecular weight is 311 g/mol. The molecule has 0 aromatic heterocycles. The van der Waals surface area contributed by atoms with Gasteiger partial charge in [0.1, 0.15) is 0 Å². The Bertz CT molecular complexity index is 479. The summed E-state index contributed by atoms with van der Waals surface area (Å²) in [5, 5.41) is 3.54. The van der Waals surface area contributed by atoms with Crippen molar-refractivity contribution in [3.63, 3.8) is 0 Å². The van der Waals surface area contributed by atoms with Crippen molar-refractivity contribution in [1.29, 1.82) is 0 Å². The lowest BCUT2D eigenvalue weighted by Gasteiger charge is -2.35. The highest BCUT2D eigenvalue weighted by atomic mass is 35.5. The highest BCUT2D eigenvalue weighted by Crippen LogP contribution is 2.18. The third-order valence-corrected chi connectivity index (χ3v) is 4.07. The van der Waals surface area contributed by atoms with E-state index in [-0.39, 0.29) is 18.1 Å². The number of ether oxygens (including phenoxy) is 1. The van der Waals surface area contributed by atoms with Crippen LogP contribution in [0.3, 0.4) is 0 Å². The van der Waals surface area contributed by atoms with Crippen LogP contribution in [0.1, 0.15) is 26.7 Å². The Morgan fingerprint density at radius 3 is 3.10 bits per heavy atom. The minimum absolute atomic E-state index is 0.00517. The lowest BCUT2D eigenvalue weighted by atomic mass is 10.1. The molecule has 1 saturated heterocycles. The van der Waals surface area contributed by atoms with Crippen LogP contribution in [-0.4, -0.2) is 42.6 Å². The second kappa shape index (κ2) is 7.78. The van der Waals surface area contributed by atoms with Crippen LogP contribution in [0.15, 0.2) is 24.3 Å². The minimum Gasteiger partial charge on any atom is -0.377 e. The van der Waals surface area contributed by atoms with Gasteiger partial charge in [-0.2, -0.15) is 0 Å². The zero-order chi connectivity index (χ0) is 15.2. The number of benzene rings is 1. The molecule has 1 aliphatic heterocycles. The molecule has 2 atom stereocenters. The fraction of sp³-hybridized carbons (Fsp3) is 0.562. The van der Waals surface area contributed by atoms with E-state index < -0.39 is 0 Å². The minimum atomic E-state index is -0.174. The van der Waals surface area contributed by atoms with E-state index in [9.17, 15) is 4.79 Å². The molecule has 0 spiro atoms. The standard InChI is InChI=1S/C16H23ClN2O2/c1-3-21-15-8-5-9-19(11-15)12(2)16(20)18-14-7-4-6-13(17)10-14/h4,6-7,10,12,15H,3,5,8-9,11H2,1-2H3,(H,18,20). The summed E-state index contributed by atoms with van der Waals surface area (Å²) in [6.07, 6.45) is 2.39. The molecule has 1 aromatic carbocycles. The second-order valence-electron chi connectivity index (χ2n) is 5.39. The number of hydrogen-bond acceptors (Lipinski definition) is 3. The van der Waals surface area contributed by atoms with Crippen LogP contribution in [0.5, 0.6) is 0 Å². The normalized spacial score (nSPS) is 21.0. The maximum atomic E-state index is 12.4. The van der Waals surface area contributed by atoms with Gasteiger partial charge in [-0.15, -0.1) is 0 Å². The third kappa shape index (κ3) is 4.70. The van der Waals surface area contributed by atoms with Crippen molar-refractivity contribution in [3.8, 4) is 0 Å². The summed E-state index contributed by atoms with van der Waals surface area (Å²) < 4.78 is 5.69. The number of piperidine rings is 1. The number of halogens is 1. The van der Waals surface area contributed by atoms with Crippen LogP contribution in [-0.2, 0) is 9.53 Å². The Balaban J connectivity index is 1.92. The van der Waals surface area contributed by atoms with Crippen molar-refractivity contribution in [3.05, 3.63) is 29.3 Å². The Hall–Kier alpha value is -1.10. The first-order valence-corrected chi connectivity index (χ1v) is 7.90. The highest BCUT2D eigenvalue weighted by molar-refractivity contribution is 6.30. The van der Waals surface area contributed by atoms with Crippen LogP contribution in [0.25, 0.3) is 0 Å². The highest BCUT2D eigenvalue weighted by Gasteiger charge is 2.27. The Morgan fingerprint density at radius 1 is 1.57 bits per heavy atom. The lowest BCUT2D eigenvalue weighted by molar-refractivity contribution is -0.122. The number of nitrogens with zero attached hydrogens (tertiary/aromatic N) is 1. The molecule has 1 amide bonds. The number of nitrogens with one attached hydrogen (secondary N) is 1. The number of carbonyl (C=O) groups is 1. The summed E-state index contributed by atoms with van der Waals surface area (Å²) in [6.45, 7) is 6.43. The molecule has 4 nitrogen and oxygen atoms in total. The molecule has 2 unspecified atom stereocenters. The largest absolute Gasteiger partial charge is 0.377 e. The number of anilines is 1. The Morgan fingerprint density at radius 2 is 2.38 bits per heavy atom. The summed E-state index contributed by atoms with van der Waals surface area (Å²) in [4.78, 5) is 14.5. The molecular formula is C16H23ClN2O2. The number of likely N-dealkylation sites (tertiary alicyclic amines) is 1. The molecule has 116 valence electrons. The molecule has 1 aliphatic rings. The summed E-state index contributed by atoms with van der Waals surface area (Å²) >= 11 is 5.93. The fourth-order valence-corrected chi connectivity index (χ4v) is 2.86. The summed E-state index contributed by atoms with van der Waals surface area (Å²) in [5.74, 6) is -0.00517. The van der Waals surface area contributed by atoms with E-state index in [0.29, 0.717) is 5.02 Å². The number of rotatable bonds is 5. The molecule has 0 bridgehead atoms. The molecule has 1 aromatic rings. The molecule has 21 heavy (non-hydrogen) atoms. The number of carbonyl (C=O) groups excluding carboxylic acids is 1. The molecular weight excluding hydrogens is 288 g/mol. The van der Waals surface area contributed by atoms with Crippen molar-refractivity contribution in [2.75, 3.05) is 25.0 Å². The van der Waals surface area contributed by atoms with Gasteiger partial charge in [0.2, 0.25) is 5.91 Å². The predicted octanol–water partition coefficient (Wildman–Crippen LogP) is 3.17. The first-order valence-electron chi connectivity index (χ1n) is 7.52. The van der Waals surface area contributed by atoms with Crippen LogP contribution in [0.2, 0.25) is 5.02 Å². The van der Waals surface area contributed by atoms with Gasteiger partial charge in [0, 0.05) is 23.9 Å². The molecule has 0 aliphatic carbocycles. The third-order valence-electron chi connectivity index (χ3n) is 3.83. The predicted molar refractivity (Wildman–Crippen MR) is 85.8 cm³/mol. The molecule has 1 heterocycles. The first kappa shape index (κ1) is 16.3. The van der Waals surface area contributed by atoms with Gasteiger partial charge in [-0.1, -0.05) is 17.7 Å². The molecule has 0 saturated carbocycles. The van der Waals surface area contributed by atoms with E-state index in [1.165, 1.54) is 0 Å². The molecule has 2 rings (SSSR count). The topological polar surface area (TPSA) is 41.6 Å². The van der Waals surface area contributed by atoms with Crippen molar-refractivity contribution < 1.29 is 9.53 Å². The van der Waals surface area contributed by atoms with Crippen molar-refractivity contribution >= 4 is 23.2 Å². The van der Waals surface area contributed by atoms with Gasteiger partial charge in [-0.3, -0.25) is 9.69 Å². The fourth-order valence-electron chi connectivity index (χ4n) is 2.67. The molecule has 1 fully saturated rings. The van der Waals surface area contributed by atoms with E-state index >= 15 is 0 Å². The van der Waals surface area contributed by atoms with Gasteiger partial charge in [0.05, 0.1) is 12.1 Å². The van der Waals surface area contributed by atoms with Gasteiger partial charge < -0.3 is 10.1 Å². The van der Waals surface area contributed by atoms with Crippen LogP contribution < -0.4 is 5.32 Å². The van der Waals surface area contributed by atoms with Crippen LogP contribution in [0, 0.1) is 0 Å². The second-order valence-corrected chi connectivity index (χ2v) is 5.83. The summed E-state index contributed by atoms with van der Waals surface area (Å²) in [5.41, 5.74) is 0.734. The smallest absolute Gasteiger partial charge is 0.241 e. The van der Waals surface area contributed by atoms with Gasteiger partial charge in [0.15, 0.2) is 0 Å². The van der Waals surface area contributed by atoms with Crippen molar-refractivity contribution in [2.24, 2.45) is 0 Å². The van der Waals surface area contributed by atoms with Crippen LogP contribution in [0.4, 0.5) is 5.69 Å². The maximum absolute atomic E-state index is 12.4. The first-order chi connectivity index (χ1) is 10.1. The summed E-state index contributed by atoms with van der Waals surface area (Å²) in [7, 11) is 0. The summed E-state index contributed by atoms with van der Waals surface area (Å²) in [6, 6.07) is 7.04. The lowest BCUT2D eigenvalue weighted by Crippen LogP contribution is -2.49. The zero-order valence-corrected chi connectivity index (χ0v) is 13.4. The molecule has 0 radical (unpaired) electrons. The Kier molecular flexibility index (Phi) is 6.03.